The number of rotatable bonds is 7. The fourth-order valence-corrected chi connectivity index (χ4v) is 10.2. The number of fused-ring (bicyclic) bond motifs is 7. The van der Waals surface area contributed by atoms with Crippen LogP contribution < -0.4 is 0 Å². The Morgan fingerprint density at radius 1 is 0.355 bits per heavy atom. The summed E-state index contributed by atoms with van der Waals surface area (Å²) in [7, 11) is 0. The van der Waals surface area contributed by atoms with Crippen molar-refractivity contribution in [1.82, 2.24) is 14.8 Å². The number of hydrogen-bond donors (Lipinski definition) is 0. The van der Waals surface area contributed by atoms with Crippen LogP contribution in [0.2, 0.25) is 0 Å². The molecule has 0 N–H and O–H groups in total. The summed E-state index contributed by atoms with van der Waals surface area (Å²) in [5.41, 5.74) is 15.3. The molecule has 9 aromatic carbocycles. The lowest BCUT2D eigenvalue weighted by molar-refractivity contribution is 0.892. The van der Waals surface area contributed by atoms with Crippen molar-refractivity contribution in [2.45, 2.75) is 0 Å². The minimum absolute atomic E-state index is 0.936. The normalized spacial score (nSPS) is 11.5. The molecule has 3 heterocycles. The first-order valence-corrected chi connectivity index (χ1v) is 21.8. The molecule has 0 fully saturated rings. The van der Waals surface area contributed by atoms with Gasteiger partial charge in [-0.25, -0.2) is 9.67 Å². The predicted octanol–water partition coefficient (Wildman–Crippen LogP) is 15.9. The zero-order valence-corrected chi connectivity index (χ0v) is 34.4. The van der Waals surface area contributed by atoms with Gasteiger partial charge in [-0.3, -0.25) is 0 Å². The number of aromatic nitrogens is 3. The minimum Gasteiger partial charge on any atom is -0.246 e. The Balaban J connectivity index is 0.890. The lowest BCUT2D eigenvalue weighted by Crippen LogP contribution is -1.98. The zero-order chi connectivity index (χ0) is 41.0. The van der Waals surface area contributed by atoms with E-state index in [1.54, 1.807) is 0 Å². The first-order valence-electron chi connectivity index (χ1n) is 21.0. The van der Waals surface area contributed by atoms with Crippen molar-refractivity contribution in [2.24, 2.45) is 0 Å². The van der Waals surface area contributed by atoms with E-state index in [0.717, 1.165) is 67.2 Å². The number of thiophene rings is 1. The van der Waals surface area contributed by atoms with E-state index in [1.807, 2.05) is 28.2 Å². The summed E-state index contributed by atoms with van der Waals surface area (Å²) < 4.78 is 4.65. The molecule has 0 unspecified atom stereocenters. The Morgan fingerprint density at radius 2 is 0.935 bits per heavy atom. The summed E-state index contributed by atoms with van der Waals surface area (Å²) in [6.07, 6.45) is 0. The summed E-state index contributed by atoms with van der Waals surface area (Å²) >= 11 is 1.86. The van der Waals surface area contributed by atoms with Crippen molar-refractivity contribution in [3.05, 3.63) is 224 Å². The molecule has 0 atom stereocenters. The molecule has 3 aromatic heterocycles. The van der Waals surface area contributed by atoms with Crippen molar-refractivity contribution in [3.8, 4) is 72.8 Å². The maximum absolute atomic E-state index is 5.50. The highest BCUT2D eigenvalue weighted by Gasteiger charge is 2.19. The van der Waals surface area contributed by atoms with E-state index in [4.69, 9.17) is 10.1 Å². The Morgan fingerprint density at radius 3 is 1.68 bits per heavy atom. The molecular formula is C58H37N3S. The zero-order valence-electron chi connectivity index (χ0n) is 33.6. The maximum Gasteiger partial charge on any atom is 0.0934 e. The molecule has 0 aliphatic rings. The molecule has 3 nitrogen and oxygen atoms in total. The van der Waals surface area contributed by atoms with Gasteiger partial charge in [-0.05, 0) is 64.2 Å². The Labute approximate surface area is 363 Å². The molecular weight excluding hydrogens is 771 g/mol. The van der Waals surface area contributed by atoms with Gasteiger partial charge < -0.3 is 0 Å². The van der Waals surface area contributed by atoms with Gasteiger partial charge in [0.15, 0.2) is 0 Å². The molecule has 0 bridgehead atoms. The summed E-state index contributed by atoms with van der Waals surface area (Å²) in [4.78, 5) is 5.50. The van der Waals surface area contributed by atoms with Crippen LogP contribution in [0.3, 0.4) is 0 Å². The van der Waals surface area contributed by atoms with Crippen LogP contribution >= 0.6 is 11.3 Å². The Bertz CT molecular complexity index is 3530. The Hall–Kier alpha value is -7.92. The second kappa shape index (κ2) is 15.0. The number of pyridine rings is 1. The molecule has 12 aromatic rings. The van der Waals surface area contributed by atoms with Crippen LogP contribution in [0.25, 0.3) is 115 Å². The van der Waals surface area contributed by atoms with Crippen molar-refractivity contribution in [3.63, 3.8) is 0 Å². The van der Waals surface area contributed by atoms with Crippen molar-refractivity contribution in [2.75, 3.05) is 0 Å². The molecule has 4 heteroatoms. The maximum atomic E-state index is 5.50. The van der Waals surface area contributed by atoms with Gasteiger partial charge in [-0.1, -0.05) is 188 Å². The third kappa shape index (κ3) is 6.20. The van der Waals surface area contributed by atoms with Crippen LogP contribution in [0.1, 0.15) is 0 Å². The van der Waals surface area contributed by atoms with E-state index in [1.165, 1.54) is 47.5 Å². The number of benzene rings is 9. The first kappa shape index (κ1) is 36.0. The monoisotopic (exact) mass is 807 g/mol. The third-order valence-electron chi connectivity index (χ3n) is 12.1. The van der Waals surface area contributed by atoms with Crippen LogP contribution in [-0.4, -0.2) is 14.8 Å². The highest BCUT2D eigenvalue weighted by Crippen LogP contribution is 2.45. The van der Waals surface area contributed by atoms with Gasteiger partial charge in [-0.2, -0.15) is 5.10 Å². The fraction of sp³-hybridized carbons (Fsp3) is 0. The van der Waals surface area contributed by atoms with E-state index < -0.39 is 0 Å². The molecule has 0 radical (unpaired) electrons. The molecule has 0 amide bonds. The summed E-state index contributed by atoms with van der Waals surface area (Å²) in [6.45, 7) is 0. The number of para-hydroxylation sites is 2. The van der Waals surface area contributed by atoms with Gasteiger partial charge in [0, 0.05) is 58.6 Å². The third-order valence-corrected chi connectivity index (χ3v) is 13.2. The van der Waals surface area contributed by atoms with Crippen LogP contribution in [0, 0.1) is 0 Å². The van der Waals surface area contributed by atoms with Crippen LogP contribution in [0.5, 0.6) is 0 Å². The molecule has 12 rings (SSSR count). The van der Waals surface area contributed by atoms with E-state index in [0.29, 0.717) is 0 Å². The molecule has 0 saturated heterocycles. The summed E-state index contributed by atoms with van der Waals surface area (Å²) in [5, 5.41) is 11.4. The highest BCUT2D eigenvalue weighted by atomic mass is 32.1. The first-order chi connectivity index (χ1) is 30.7. The molecule has 0 aliphatic carbocycles. The van der Waals surface area contributed by atoms with Crippen molar-refractivity contribution in [1.29, 1.82) is 0 Å². The molecule has 0 spiro atoms. The average Bonchev–Trinajstić information content (AvgIpc) is 3.98. The molecule has 0 aliphatic heterocycles. The fourth-order valence-electron chi connectivity index (χ4n) is 9.04. The molecule has 290 valence electrons. The van der Waals surface area contributed by atoms with Crippen LogP contribution in [0.15, 0.2) is 224 Å². The van der Waals surface area contributed by atoms with E-state index >= 15 is 0 Å². The average molecular weight is 808 g/mol. The lowest BCUT2D eigenvalue weighted by atomic mass is 9.93. The van der Waals surface area contributed by atoms with Crippen molar-refractivity contribution < 1.29 is 0 Å². The Kier molecular flexibility index (Phi) is 8.68. The van der Waals surface area contributed by atoms with Gasteiger partial charge >= 0.3 is 0 Å². The van der Waals surface area contributed by atoms with Gasteiger partial charge in [0.05, 0.1) is 28.3 Å². The van der Waals surface area contributed by atoms with E-state index in [2.05, 4.69) is 212 Å². The molecule has 62 heavy (non-hydrogen) atoms. The summed E-state index contributed by atoms with van der Waals surface area (Å²) in [6, 6.07) is 80.2. The predicted molar refractivity (Wildman–Crippen MR) is 262 cm³/mol. The minimum atomic E-state index is 0.936. The molecule has 0 saturated carbocycles. The van der Waals surface area contributed by atoms with Gasteiger partial charge in [0.2, 0.25) is 0 Å². The van der Waals surface area contributed by atoms with E-state index in [-0.39, 0.29) is 0 Å². The smallest absolute Gasteiger partial charge is 0.0934 e. The number of nitrogens with zero attached hydrogens (tertiary/aromatic N) is 3. The summed E-state index contributed by atoms with van der Waals surface area (Å²) in [5.74, 6) is 0. The van der Waals surface area contributed by atoms with E-state index in [9.17, 15) is 0 Å². The largest absolute Gasteiger partial charge is 0.246 e. The number of hydrogen-bond acceptors (Lipinski definition) is 3. The second-order valence-electron chi connectivity index (χ2n) is 15.8. The van der Waals surface area contributed by atoms with Gasteiger partial charge in [0.25, 0.3) is 0 Å². The van der Waals surface area contributed by atoms with Crippen LogP contribution in [0.4, 0.5) is 0 Å². The second-order valence-corrected chi connectivity index (χ2v) is 16.8. The lowest BCUT2D eigenvalue weighted by Gasteiger charge is -2.15. The SMILES string of the molecule is c1ccc(-c2nc3c(-c4ccc(-c5ccc(-c6cccc(-c7cc(-c8ccccc8)n(-c8ccccc8)n7)c6)cc5)cc4)cccc3c3c2ccc2sc4ccccc4c23)cc1. The van der Waals surface area contributed by atoms with Gasteiger partial charge in [-0.15, -0.1) is 11.3 Å². The highest BCUT2D eigenvalue weighted by molar-refractivity contribution is 7.26. The van der Waals surface area contributed by atoms with Crippen LogP contribution in [-0.2, 0) is 0 Å². The standard InChI is InChI=1S/C58H37N3S/c1-4-14-42(15-5-1)52-37-51(60-61(52)46-20-8-3-9-21-46)45-19-12-18-44(36-45)40-28-26-38(27-29-40)39-30-32-41(33-31-39)47-23-13-24-49-55-50(57(59-58(47)49)43-16-6-2-7-17-43)34-35-54-56(55)48-22-10-11-25-53(48)62-54/h1-37H. The quantitative estimate of drug-likeness (QED) is 0.150. The van der Waals surface area contributed by atoms with Gasteiger partial charge in [0.1, 0.15) is 0 Å². The topological polar surface area (TPSA) is 30.7 Å². The van der Waals surface area contributed by atoms with Crippen molar-refractivity contribution >= 4 is 53.2 Å².